The summed E-state index contributed by atoms with van der Waals surface area (Å²) in [7, 11) is 0. The van der Waals surface area contributed by atoms with Gasteiger partial charge in [0.2, 0.25) is 0 Å². The average Bonchev–Trinajstić information content (AvgIpc) is 2.10. The first kappa shape index (κ1) is 12.6. The summed E-state index contributed by atoms with van der Waals surface area (Å²) >= 11 is 0. The molecule has 0 saturated heterocycles. The fourth-order valence-corrected chi connectivity index (χ4v) is 0.399. The van der Waals surface area contributed by atoms with Gasteiger partial charge in [0.25, 0.3) is 0 Å². The summed E-state index contributed by atoms with van der Waals surface area (Å²) in [4.78, 5) is 0. The van der Waals surface area contributed by atoms with Gasteiger partial charge in [-0.05, 0) is 13.0 Å². The van der Waals surface area contributed by atoms with Crippen LogP contribution in [-0.4, -0.2) is 0 Å². The largest absolute Gasteiger partial charge is 0.324 e. The molecule has 2 heteroatoms. The molecule has 0 saturated carbocycles. The van der Waals surface area contributed by atoms with E-state index in [4.69, 9.17) is 5.84 Å². The third kappa shape index (κ3) is 8.98. The molecule has 64 valence electrons. The molecule has 0 aliphatic carbocycles. The molecule has 0 heterocycles. The number of hydrogen-bond acceptors (Lipinski definition) is 2. The standard InChI is InChI=1S/C7H12N2.C2H6/c1-3-5-6-7(4-2)9-8;1-2/h3-6,9H,1,8H2,2H3;1-2H3/b6-5-,7-4+;. The van der Waals surface area contributed by atoms with Crippen molar-refractivity contribution in [1.82, 2.24) is 5.43 Å². The molecule has 0 atom stereocenters. The monoisotopic (exact) mass is 154 g/mol. The van der Waals surface area contributed by atoms with Crippen LogP contribution in [0.15, 0.2) is 36.6 Å². The van der Waals surface area contributed by atoms with Crippen molar-refractivity contribution >= 4 is 0 Å². The van der Waals surface area contributed by atoms with E-state index in [1.54, 1.807) is 6.08 Å². The zero-order chi connectivity index (χ0) is 9.11. The molecule has 0 spiro atoms. The number of hydrogen-bond donors (Lipinski definition) is 2. The van der Waals surface area contributed by atoms with E-state index in [1.807, 2.05) is 39.0 Å². The van der Waals surface area contributed by atoms with Crippen LogP contribution in [-0.2, 0) is 0 Å². The van der Waals surface area contributed by atoms with E-state index >= 15 is 0 Å². The predicted molar refractivity (Wildman–Crippen MR) is 51.8 cm³/mol. The molecule has 11 heavy (non-hydrogen) atoms. The van der Waals surface area contributed by atoms with Crippen molar-refractivity contribution in [2.45, 2.75) is 20.8 Å². The van der Waals surface area contributed by atoms with Crippen molar-refractivity contribution < 1.29 is 0 Å². The molecule has 0 aliphatic heterocycles. The van der Waals surface area contributed by atoms with Crippen LogP contribution in [0.2, 0.25) is 0 Å². The normalized spacial score (nSPS) is 10.4. The highest BCUT2D eigenvalue weighted by atomic mass is 15.2. The molecule has 0 radical (unpaired) electrons. The highest BCUT2D eigenvalue weighted by molar-refractivity contribution is 5.18. The van der Waals surface area contributed by atoms with Gasteiger partial charge in [-0.3, -0.25) is 5.84 Å². The van der Waals surface area contributed by atoms with Crippen molar-refractivity contribution in [3.63, 3.8) is 0 Å². The molecule has 0 aromatic heterocycles. The third-order valence-electron chi connectivity index (χ3n) is 0.890. The maximum absolute atomic E-state index is 5.12. The first-order valence-electron chi connectivity index (χ1n) is 3.77. The van der Waals surface area contributed by atoms with Gasteiger partial charge in [0.15, 0.2) is 0 Å². The zero-order valence-electron chi connectivity index (χ0n) is 7.59. The molecule has 0 aromatic carbocycles. The molecule has 2 nitrogen and oxygen atoms in total. The van der Waals surface area contributed by atoms with E-state index in [-0.39, 0.29) is 0 Å². The van der Waals surface area contributed by atoms with Gasteiger partial charge in [0, 0.05) is 5.70 Å². The Balaban J connectivity index is 0. The van der Waals surface area contributed by atoms with Gasteiger partial charge in [-0.2, -0.15) is 0 Å². The van der Waals surface area contributed by atoms with Crippen molar-refractivity contribution in [2.75, 3.05) is 0 Å². The van der Waals surface area contributed by atoms with Crippen LogP contribution in [0.25, 0.3) is 0 Å². The summed E-state index contributed by atoms with van der Waals surface area (Å²) in [6, 6.07) is 0. The van der Waals surface area contributed by atoms with Crippen LogP contribution in [0, 0.1) is 0 Å². The predicted octanol–water partition coefficient (Wildman–Crippen LogP) is 2.12. The van der Waals surface area contributed by atoms with Crippen molar-refractivity contribution in [3.05, 3.63) is 36.6 Å². The minimum absolute atomic E-state index is 0.884. The Bertz CT molecular complexity index is 134. The number of hydrazine groups is 1. The topological polar surface area (TPSA) is 38.0 Å². The molecule has 3 N–H and O–H groups in total. The fraction of sp³-hybridized carbons (Fsp3) is 0.333. The molecule has 0 aliphatic rings. The van der Waals surface area contributed by atoms with E-state index in [0.29, 0.717) is 0 Å². The van der Waals surface area contributed by atoms with Crippen molar-refractivity contribution in [3.8, 4) is 0 Å². The second kappa shape index (κ2) is 11.7. The second-order valence-corrected chi connectivity index (χ2v) is 1.48. The van der Waals surface area contributed by atoms with Crippen molar-refractivity contribution in [1.29, 1.82) is 0 Å². The molecule has 0 fully saturated rings. The average molecular weight is 154 g/mol. The lowest BCUT2D eigenvalue weighted by Gasteiger charge is -1.95. The van der Waals surface area contributed by atoms with Crippen LogP contribution < -0.4 is 11.3 Å². The quantitative estimate of drug-likeness (QED) is 0.371. The molecule has 0 amide bonds. The van der Waals surface area contributed by atoms with Gasteiger partial charge < -0.3 is 5.43 Å². The van der Waals surface area contributed by atoms with E-state index in [2.05, 4.69) is 12.0 Å². The summed E-state index contributed by atoms with van der Waals surface area (Å²) in [5, 5.41) is 0. The van der Waals surface area contributed by atoms with Crippen LogP contribution in [0.1, 0.15) is 20.8 Å². The number of nitrogens with one attached hydrogen (secondary N) is 1. The number of allylic oxidation sites excluding steroid dienone is 4. The molecule has 0 unspecified atom stereocenters. The molecule has 0 aromatic rings. The summed E-state index contributed by atoms with van der Waals surface area (Å²) in [6.45, 7) is 9.42. The Kier molecular flexibility index (Phi) is 13.5. The van der Waals surface area contributed by atoms with Crippen LogP contribution in [0.5, 0.6) is 0 Å². The third-order valence-corrected chi connectivity index (χ3v) is 0.890. The molecular formula is C9H18N2. The maximum atomic E-state index is 5.12. The van der Waals surface area contributed by atoms with Crippen LogP contribution in [0.4, 0.5) is 0 Å². The Labute approximate surface area is 69.5 Å². The number of rotatable bonds is 3. The van der Waals surface area contributed by atoms with E-state index in [9.17, 15) is 0 Å². The second-order valence-electron chi connectivity index (χ2n) is 1.48. The van der Waals surface area contributed by atoms with E-state index < -0.39 is 0 Å². The smallest absolute Gasteiger partial charge is 0.0442 e. The minimum atomic E-state index is 0.884. The maximum Gasteiger partial charge on any atom is 0.0442 e. The highest BCUT2D eigenvalue weighted by Gasteiger charge is 1.78. The Hall–Kier alpha value is -1.02. The fourth-order valence-electron chi connectivity index (χ4n) is 0.399. The summed E-state index contributed by atoms with van der Waals surface area (Å²) < 4.78 is 0. The van der Waals surface area contributed by atoms with Gasteiger partial charge >= 0.3 is 0 Å². The molecular weight excluding hydrogens is 136 g/mol. The zero-order valence-corrected chi connectivity index (χ0v) is 7.59. The van der Waals surface area contributed by atoms with Crippen LogP contribution in [0.3, 0.4) is 0 Å². The first-order valence-corrected chi connectivity index (χ1v) is 3.77. The van der Waals surface area contributed by atoms with Gasteiger partial charge in [0.1, 0.15) is 0 Å². The van der Waals surface area contributed by atoms with Crippen molar-refractivity contribution in [2.24, 2.45) is 5.84 Å². The number of nitrogens with two attached hydrogens (primary N) is 1. The summed E-state index contributed by atoms with van der Waals surface area (Å²) in [6.07, 6.45) is 7.23. The van der Waals surface area contributed by atoms with Gasteiger partial charge in [-0.15, -0.1) is 0 Å². The molecule has 0 rings (SSSR count). The SMILES string of the molecule is C=C/C=C\C(=C/C)NN.CC. The van der Waals surface area contributed by atoms with E-state index in [0.717, 1.165) is 5.70 Å². The summed E-state index contributed by atoms with van der Waals surface area (Å²) in [5.74, 6) is 5.12. The molecule has 0 bridgehead atoms. The Morgan fingerprint density at radius 3 is 2.27 bits per heavy atom. The lowest BCUT2D eigenvalue weighted by molar-refractivity contribution is 0.913. The lowest BCUT2D eigenvalue weighted by atomic mass is 10.4. The van der Waals surface area contributed by atoms with Crippen LogP contribution >= 0.6 is 0 Å². The lowest BCUT2D eigenvalue weighted by Crippen LogP contribution is -2.19. The first-order chi connectivity index (χ1) is 5.35. The summed E-state index contributed by atoms with van der Waals surface area (Å²) in [5.41, 5.74) is 3.40. The minimum Gasteiger partial charge on any atom is -0.324 e. The van der Waals surface area contributed by atoms with Gasteiger partial charge in [-0.1, -0.05) is 38.7 Å². The highest BCUT2D eigenvalue weighted by Crippen LogP contribution is 1.87. The van der Waals surface area contributed by atoms with Gasteiger partial charge in [-0.25, -0.2) is 0 Å². The van der Waals surface area contributed by atoms with Gasteiger partial charge in [0.05, 0.1) is 0 Å². The Morgan fingerprint density at radius 1 is 1.45 bits per heavy atom. The van der Waals surface area contributed by atoms with E-state index in [1.165, 1.54) is 0 Å². The Morgan fingerprint density at radius 2 is 2.00 bits per heavy atom.